The Hall–Kier alpha value is -3.70. The van der Waals surface area contributed by atoms with Crippen LogP contribution in [0.15, 0.2) is 94.7 Å². The van der Waals surface area contributed by atoms with E-state index in [2.05, 4.69) is 16.7 Å². The predicted molar refractivity (Wildman–Crippen MR) is 155 cm³/mol. The standard InChI is InChI=1S/C30H23Cl2N3O3S/c31-23-9-4-8-21(29(23)32)27-22(16-33)30(35-24-10-5-11-25(36)28(24)27)39-17-26(37)34-18-12-14-20(15-13-18)38-19-6-2-1-3-7-19/h1-4,6-9,12-15,27,35H,5,10-11,17H2,(H,34,37). The summed E-state index contributed by atoms with van der Waals surface area (Å²) in [5.41, 5.74) is 2.88. The van der Waals surface area contributed by atoms with Crippen LogP contribution in [0.25, 0.3) is 0 Å². The van der Waals surface area contributed by atoms with E-state index in [1.54, 1.807) is 42.5 Å². The number of amides is 1. The average Bonchev–Trinajstić information content (AvgIpc) is 2.94. The first-order valence-corrected chi connectivity index (χ1v) is 14.1. The van der Waals surface area contributed by atoms with Gasteiger partial charge >= 0.3 is 0 Å². The summed E-state index contributed by atoms with van der Waals surface area (Å²) >= 11 is 14.1. The number of ketones is 1. The molecule has 2 N–H and O–H groups in total. The number of hydrogen-bond donors (Lipinski definition) is 2. The van der Waals surface area contributed by atoms with Crippen molar-refractivity contribution >= 4 is 52.3 Å². The van der Waals surface area contributed by atoms with Crippen molar-refractivity contribution in [1.29, 1.82) is 5.26 Å². The third-order valence-corrected chi connectivity index (χ3v) is 8.27. The van der Waals surface area contributed by atoms with Crippen LogP contribution >= 0.6 is 35.0 Å². The third-order valence-electron chi connectivity index (χ3n) is 6.42. The Morgan fingerprint density at radius 2 is 1.77 bits per heavy atom. The Morgan fingerprint density at radius 3 is 2.51 bits per heavy atom. The van der Waals surface area contributed by atoms with Crippen molar-refractivity contribution in [3.63, 3.8) is 0 Å². The number of dihydropyridines is 1. The topological polar surface area (TPSA) is 91.2 Å². The SMILES string of the molecule is N#CC1=C(SCC(=O)Nc2ccc(Oc3ccccc3)cc2)NC2=C(C(=O)CCC2)C1c1cccc(Cl)c1Cl. The second-order valence-corrected chi connectivity index (χ2v) is 10.8. The van der Waals surface area contributed by atoms with Crippen molar-refractivity contribution in [3.05, 3.63) is 110 Å². The van der Waals surface area contributed by atoms with Crippen LogP contribution in [0.2, 0.25) is 10.0 Å². The molecular formula is C30H23Cl2N3O3S. The van der Waals surface area contributed by atoms with Crippen LogP contribution in [-0.2, 0) is 9.59 Å². The number of para-hydroxylation sites is 1. The predicted octanol–water partition coefficient (Wildman–Crippen LogP) is 7.59. The van der Waals surface area contributed by atoms with Gasteiger partial charge in [-0.1, -0.05) is 65.3 Å². The third kappa shape index (κ3) is 5.99. The van der Waals surface area contributed by atoms with Gasteiger partial charge in [-0.25, -0.2) is 0 Å². The number of nitrogens with one attached hydrogen (secondary N) is 2. The van der Waals surface area contributed by atoms with Crippen molar-refractivity contribution in [2.75, 3.05) is 11.1 Å². The van der Waals surface area contributed by atoms with Crippen LogP contribution in [0.5, 0.6) is 11.5 Å². The van der Waals surface area contributed by atoms with Crippen LogP contribution in [0.1, 0.15) is 30.7 Å². The second-order valence-electron chi connectivity index (χ2n) is 9.00. The molecule has 0 fully saturated rings. The molecule has 9 heteroatoms. The minimum absolute atomic E-state index is 0.0148. The number of rotatable bonds is 7. The number of benzene rings is 3. The molecule has 2 aliphatic rings. The van der Waals surface area contributed by atoms with E-state index in [4.69, 9.17) is 27.9 Å². The van der Waals surface area contributed by atoms with Crippen molar-refractivity contribution < 1.29 is 14.3 Å². The number of hydrogen-bond acceptors (Lipinski definition) is 6. The molecule has 1 heterocycles. The normalized spacial score (nSPS) is 16.7. The van der Waals surface area contributed by atoms with E-state index in [0.29, 0.717) is 62.5 Å². The van der Waals surface area contributed by atoms with Crippen molar-refractivity contribution in [3.8, 4) is 17.6 Å². The van der Waals surface area contributed by atoms with Gasteiger partial charge in [-0.15, -0.1) is 0 Å². The summed E-state index contributed by atoms with van der Waals surface area (Å²) in [6.45, 7) is 0. The zero-order valence-corrected chi connectivity index (χ0v) is 23.0. The molecule has 0 bridgehead atoms. The summed E-state index contributed by atoms with van der Waals surface area (Å²) in [5, 5.41) is 17.5. The maximum absolute atomic E-state index is 13.0. The van der Waals surface area contributed by atoms with E-state index in [-0.39, 0.29) is 17.4 Å². The van der Waals surface area contributed by atoms with E-state index < -0.39 is 5.92 Å². The molecule has 0 radical (unpaired) electrons. The van der Waals surface area contributed by atoms with Crippen LogP contribution in [0, 0.1) is 11.3 Å². The smallest absolute Gasteiger partial charge is 0.234 e. The molecular weight excluding hydrogens is 553 g/mol. The minimum Gasteiger partial charge on any atom is -0.457 e. The molecule has 3 aromatic carbocycles. The number of anilines is 1. The summed E-state index contributed by atoms with van der Waals surface area (Å²) < 4.78 is 5.79. The van der Waals surface area contributed by atoms with E-state index >= 15 is 0 Å². The summed E-state index contributed by atoms with van der Waals surface area (Å²) in [4.78, 5) is 25.8. The van der Waals surface area contributed by atoms with Gasteiger partial charge in [-0.05, 0) is 60.9 Å². The number of nitriles is 1. The Labute approximate surface area is 240 Å². The highest BCUT2D eigenvalue weighted by atomic mass is 35.5. The summed E-state index contributed by atoms with van der Waals surface area (Å²) in [5.74, 6) is 0.540. The summed E-state index contributed by atoms with van der Waals surface area (Å²) in [6.07, 6.45) is 1.79. The number of carbonyl (C=O) groups excluding carboxylic acids is 2. The number of thioether (sulfide) groups is 1. The van der Waals surface area contributed by atoms with Gasteiger partial charge in [0.05, 0.1) is 38.4 Å². The van der Waals surface area contributed by atoms with Gasteiger partial charge in [0.25, 0.3) is 0 Å². The molecule has 3 aromatic rings. The molecule has 5 rings (SSSR count). The van der Waals surface area contributed by atoms with Gasteiger partial charge < -0.3 is 15.4 Å². The molecule has 1 unspecified atom stereocenters. The van der Waals surface area contributed by atoms with Crippen molar-refractivity contribution in [2.45, 2.75) is 25.2 Å². The van der Waals surface area contributed by atoms with E-state index in [1.165, 1.54) is 11.8 Å². The number of ether oxygens (including phenoxy) is 1. The fourth-order valence-corrected chi connectivity index (χ4v) is 5.94. The van der Waals surface area contributed by atoms with Gasteiger partial charge in [0, 0.05) is 23.4 Å². The van der Waals surface area contributed by atoms with Gasteiger partial charge in [-0.2, -0.15) is 5.26 Å². The summed E-state index contributed by atoms with van der Waals surface area (Å²) in [7, 11) is 0. The Balaban J connectivity index is 1.32. The molecule has 0 saturated carbocycles. The Bertz CT molecular complexity index is 1530. The summed E-state index contributed by atoms with van der Waals surface area (Å²) in [6, 6.07) is 24.0. The van der Waals surface area contributed by atoms with Crippen molar-refractivity contribution in [1.82, 2.24) is 5.32 Å². The first-order chi connectivity index (χ1) is 18.9. The maximum Gasteiger partial charge on any atom is 0.234 e. The molecule has 1 aliphatic carbocycles. The first kappa shape index (κ1) is 26.9. The largest absolute Gasteiger partial charge is 0.457 e. The number of allylic oxidation sites excluding steroid dienone is 3. The average molecular weight is 577 g/mol. The zero-order valence-electron chi connectivity index (χ0n) is 20.7. The molecule has 0 aromatic heterocycles. The molecule has 1 aliphatic heterocycles. The lowest BCUT2D eigenvalue weighted by atomic mass is 9.77. The van der Waals surface area contributed by atoms with E-state index in [1.807, 2.05) is 30.3 Å². The lowest BCUT2D eigenvalue weighted by Gasteiger charge is -2.33. The number of Topliss-reactive ketones (excluding diaryl/α,β-unsaturated/α-hetero) is 1. The monoisotopic (exact) mass is 575 g/mol. The van der Waals surface area contributed by atoms with Crippen LogP contribution < -0.4 is 15.4 Å². The van der Waals surface area contributed by atoms with Crippen molar-refractivity contribution in [2.24, 2.45) is 0 Å². The van der Waals surface area contributed by atoms with Gasteiger partial charge in [-0.3, -0.25) is 9.59 Å². The molecule has 1 amide bonds. The number of carbonyl (C=O) groups is 2. The highest BCUT2D eigenvalue weighted by molar-refractivity contribution is 8.03. The van der Waals surface area contributed by atoms with Crippen LogP contribution in [0.3, 0.4) is 0 Å². The van der Waals surface area contributed by atoms with Crippen LogP contribution in [-0.4, -0.2) is 17.4 Å². The fraction of sp³-hybridized carbons (Fsp3) is 0.167. The Kier molecular flexibility index (Phi) is 8.27. The molecule has 0 spiro atoms. The molecule has 1 atom stereocenters. The molecule has 39 heavy (non-hydrogen) atoms. The molecule has 0 saturated heterocycles. The lowest BCUT2D eigenvalue weighted by Crippen LogP contribution is -2.32. The van der Waals surface area contributed by atoms with E-state index in [9.17, 15) is 14.9 Å². The van der Waals surface area contributed by atoms with Crippen LogP contribution in [0.4, 0.5) is 5.69 Å². The zero-order chi connectivity index (χ0) is 27.4. The lowest BCUT2D eigenvalue weighted by molar-refractivity contribution is -0.116. The first-order valence-electron chi connectivity index (χ1n) is 12.3. The fourth-order valence-electron chi connectivity index (χ4n) is 4.66. The van der Waals surface area contributed by atoms with Gasteiger partial charge in [0.1, 0.15) is 11.5 Å². The number of halogens is 2. The van der Waals surface area contributed by atoms with Gasteiger partial charge in [0.15, 0.2) is 5.78 Å². The number of nitrogens with zero attached hydrogens (tertiary/aromatic N) is 1. The van der Waals surface area contributed by atoms with E-state index in [0.717, 1.165) is 11.4 Å². The highest BCUT2D eigenvalue weighted by Gasteiger charge is 2.38. The second kappa shape index (κ2) is 12.0. The molecule has 196 valence electrons. The van der Waals surface area contributed by atoms with Gasteiger partial charge in [0.2, 0.25) is 5.91 Å². The quantitative estimate of drug-likeness (QED) is 0.301. The molecule has 6 nitrogen and oxygen atoms in total. The Morgan fingerprint density at radius 1 is 1.03 bits per heavy atom. The minimum atomic E-state index is -0.645. The highest BCUT2D eigenvalue weighted by Crippen LogP contribution is 2.46. The maximum atomic E-state index is 13.0.